The zero-order valence-corrected chi connectivity index (χ0v) is 21.3. The topological polar surface area (TPSA) is 100 Å². The molecule has 0 aliphatic carbocycles. The second-order valence-electron chi connectivity index (χ2n) is 10.2. The van der Waals surface area contributed by atoms with E-state index in [2.05, 4.69) is 42.2 Å². The minimum atomic E-state index is -0.309. The first-order chi connectivity index (χ1) is 17.7. The van der Waals surface area contributed by atoms with Crippen LogP contribution in [-0.4, -0.2) is 25.8 Å². The van der Waals surface area contributed by atoms with Gasteiger partial charge < -0.3 is 15.3 Å². The molecule has 0 radical (unpaired) electrons. The summed E-state index contributed by atoms with van der Waals surface area (Å²) in [5.41, 5.74) is 5.08. The minimum absolute atomic E-state index is 0.0302. The number of anilines is 3. The fraction of sp³-hybridized carbons (Fsp3) is 0.241. The van der Waals surface area contributed by atoms with Crippen LogP contribution in [0.5, 0.6) is 0 Å². The quantitative estimate of drug-likeness (QED) is 0.422. The number of nitrogens with zero attached hydrogens (tertiary/aromatic N) is 4. The van der Waals surface area contributed by atoms with Gasteiger partial charge in [0.15, 0.2) is 0 Å². The number of rotatable bonds is 5. The molecule has 8 heteroatoms. The first-order valence-electron chi connectivity index (χ1n) is 12.1. The molecule has 0 saturated carbocycles. The summed E-state index contributed by atoms with van der Waals surface area (Å²) in [6.45, 7) is 6.56. The lowest BCUT2D eigenvalue weighted by Crippen LogP contribution is -2.25. The third kappa shape index (κ3) is 4.51. The van der Waals surface area contributed by atoms with Crippen molar-refractivity contribution in [2.45, 2.75) is 39.3 Å². The predicted molar refractivity (Wildman–Crippen MR) is 144 cm³/mol. The van der Waals surface area contributed by atoms with E-state index in [0.717, 1.165) is 5.56 Å². The van der Waals surface area contributed by atoms with Crippen molar-refractivity contribution in [3.63, 3.8) is 0 Å². The van der Waals surface area contributed by atoms with Gasteiger partial charge in [-0.2, -0.15) is 5.10 Å². The molecule has 37 heavy (non-hydrogen) atoms. The van der Waals surface area contributed by atoms with E-state index in [-0.39, 0.29) is 23.5 Å². The van der Waals surface area contributed by atoms with Gasteiger partial charge in [-0.3, -0.25) is 9.59 Å². The van der Waals surface area contributed by atoms with E-state index in [9.17, 15) is 14.7 Å². The van der Waals surface area contributed by atoms with Crippen molar-refractivity contribution in [2.75, 3.05) is 10.2 Å². The Labute approximate surface area is 215 Å². The molecule has 0 fully saturated rings. The Morgan fingerprint density at radius 3 is 2.51 bits per heavy atom. The maximum atomic E-state index is 13.4. The summed E-state index contributed by atoms with van der Waals surface area (Å²) in [5.74, 6) is 0.427. The Kier molecular flexibility index (Phi) is 6.13. The fourth-order valence-corrected chi connectivity index (χ4v) is 4.62. The Hall–Kier alpha value is -4.30. The van der Waals surface area contributed by atoms with E-state index in [1.807, 2.05) is 36.4 Å². The number of aliphatic hydroxyl groups excluding tert-OH is 1. The molecule has 3 heterocycles. The Bertz CT molecular complexity index is 1550. The summed E-state index contributed by atoms with van der Waals surface area (Å²) in [5, 5.41) is 17.9. The van der Waals surface area contributed by atoms with Gasteiger partial charge in [0.25, 0.3) is 11.5 Å². The molecule has 1 aliphatic rings. The maximum absolute atomic E-state index is 13.4. The van der Waals surface area contributed by atoms with Gasteiger partial charge in [0.2, 0.25) is 0 Å². The molecule has 0 atom stereocenters. The highest BCUT2D eigenvalue weighted by Crippen LogP contribution is 2.37. The van der Waals surface area contributed by atoms with Crippen LogP contribution in [0.3, 0.4) is 0 Å². The Morgan fingerprint density at radius 1 is 1.00 bits per heavy atom. The van der Waals surface area contributed by atoms with Crippen molar-refractivity contribution in [1.29, 1.82) is 0 Å². The number of pyridine rings is 1. The monoisotopic (exact) mass is 495 g/mol. The van der Waals surface area contributed by atoms with Crippen molar-refractivity contribution >= 4 is 23.1 Å². The Balaban J connectivity index is 1.56. The lowest BCUT2D eigenvalue weighted by atomic mass is 9.85. The number of aromatic nitrogens is 3. The van der Waals surface area contributed by atoms with E-state index in [1.165, 1.54) is 10.2 Å². The smallest absolute Gasteiger partial charge is 0.290 e. The number of aryl methyl sites for hydroxylation is 1. The standard InChI is InChI=1S/C29H29N5O3/c1-29(2,3)19-11-12-20-18(14-19)16-34(27(20)36)25-9-7-8-21(22(25)17-35)23-15-24(28(37)33(4)32-23)31-26-10-5-6-13-30-26/h5-15,35H,16-17H2,1-4H3,(H,30,31). The molecule has 0 spiro atoms. The number of benzene rings is 2. The van der Waals surface area contributed by atoms with Gasteiger partial charge in [-0.15, -0.1) is 0 Å². The third-order valence-electron chi connectivity index (χ3n) is 6.64. The first-order valence-corrected chi connectivity index (χ1v) is 12.1. The highest BCUT2D eigenvalue weighted by Gasteiger charge is 2.31. The molecular weight excluding hydrogens is 466 g/mol. The van der Waals surface area contributed by atoms with E-state index < -0.39 is 0 Å². The molecular formula is C29H29N5O3. The summed E-state index contributed by atoms with van der Waals surface area (Å²) in [4.78, 5) is 32.1. The summed E-state index contributed by atoms with van der Waals surface area (Å²) in [6.07, 6.45) is 1.64. The molecule has 2 aromatic carbocycles. The number of hydrogen-bond donors (Lipinski definition) is 2. The van der Waals surface area contributed by atoms with Crippen LogP contribution in [0.1, 0.15) is 47.8 Å². The fourth-order valence-electron chi connectivity index (χ4n) is 4.62. The number of amides is 1. The normalized spacial score (nSPS) is 13.1. The van der Waals surface area contributed by atoms with Gasteiger partial charge in [0.1, 0.15) is 11.5 Å². The average Bonchev–Trinajstić information content (AvgIpc) is 3.21. The highest BCUT2D eigenvalue weighted by molar-refractivity contribution is 6.10. The van der Waals surface area contributed by atoms with Crippen LogP contribution in [0.15, 0.2) is 71.7 Å². The van der Waals surface area contributed by atoms with E-state index in [4.69, 9.17) is 0 Å². The van der Waals surface area contributed by atoms with Crippen LogP contribution in [0.4, 0.5) is 17.2 Å². The number of aliphatic hydroxyl groups is 1. The van der Waals surface area contributed by atoms with Gasteiger partial charge in [-0.25, -0.2) is 9.67 Å². The summed E-state index contributed by atoms with van der Waals surface area (Å²) in [7, 11) is 1.57. The van der Waals surface area contributed by atoms with Crippen LogP contribution in [-0.2, 0) is 25.6 Å². The van der Waals surface area contributed by atoms with Crippen molar-refractivity contribution in [1.82, 2.24) is 14.8 Å². The van der Waals surface area contributed by atoms with E-state index in [1.54, 1.807) is 36.3 Å². The van der Waals surface area contributed by atoms with Gasteiger partial charge in [-0.05, 0) is 46.9 Å². The SMILES string of the molecule is Cn1nc(-c2cccc(N3Cc4cc(C(C)(C)C)ccc4C3=O)c2CO)cc(Nc2ccccn2)c1=O. The van der Waals surface area contributed by atoms with Crippen LogP contribution < -0.4 is 15.8 Å². The van der Waals surface area contributed by atoms with Crippen molar-refractivity contribution < 1.29 is 9.90 Å². The minimum Gasteiger partial charge on any atom is -0.392 e. The zero-order valence-electron chi connectivity index (χ0n) is 21.3. The lowest BCUT2D eigenvalue weighted by Gasteiger charge is -2.21. The average molecular weight is 496 g/mol. The van der Waals surface area contributed by atoms with Gasteiger partial charge >= 0.3 is 0 Å². The number of carbonyl (C=O) groups excluding carboxylic acids is 1. The van der Waals surface area contributed by atoms with E-state index >= 15 is 0 Å². The molecule has 0 saturated heterocycles. The molecule has 0 bridgehead atoms. The van der Waals surface area contributed by atoms with E-state index in [0.29, 0.717) is 46.1 Å². The third-order valence-corrected chi connectivity index (χ3v) is 6.64. The number of nitrogens with one attached hydrogen (secondary N) is 1. The molecule has 1 aliphatic heterocycles. The van der Waals surface area contributed by atoms with Crippen molar-refractivity contribution in [3.8, 4) is 11.3 Å². The van der Waals surface area contributed by atoms with Crippen LogP contribution >= 0.6 is 0 Å². The molecule has 188 valence electrons. The molecule has 5 rings (SSSR count). The second kappa shape index (κ2) is 9.29. The number of fused-ring (bicyclic) bond motifs is 1. The number of carbonyl (C=O) groups is 1. The molecule has 0 unspecified atom stereocenters. The van der Waals surface area contributed by atoms with Gasteiger partial charge in [-0.1, -0.05) is 51.1 Å². The van der Waals surface area contributed by atoms with Crippen LogP contribution in [0.2, 0.25) is 0 Å². The summed E-state index contributed by atoms with van der Waals surface area (Å²) in [6, 6.07) is 18.5. The van der Waals surface area contributed by atoms with Crippen LogP contribution in [0, 0.1) is 0 Å². The van der Waals surface area contributed by atoms with Crippen molar-refractivity contribution in [2.24, 2.45) is 7.05 Å². The molecule has 1 amide bonds. The van der Waals surface area contributed by atoms with Crippen LogP contribution in [0.25, 0.3) is 11.3 Å². The Morgan fingerprint density at radius 2 is 1.81 bits per heavy atom. The molecule has 8 nitrogen and oxygen atoms in total. The zero-order chi connectivity index (χ0) is 26.3. The largest absolute Gasteiger partial charge is 0.392 e. The first kappa shape index (κ1) is 24.4. The predicted octanol–water partition coefficient (Wildman–Crippen LogP) is 4.54. The summed E-state index contributed by atoms with van der Waals surface area (Å²) < 4.78 is 1.25. The van der Waals surface area contributed by atoms with Crippen molar-refractivity contribution in [3.05, 3.63) is 99.5 Å². The van der Waals surface area contributed by atoms with Gasteiger partial charge in [0.05, 0.1) is 24.5 Å². The maximum Gasteiger partial charge on any atom is 0.290 e. The lowest BCUT2D eigenvalue weighted by molar-refractivity contribution is 0.0996. The molecule has 2 aromatic heterocycles. The second-order valence-corrected chi connectivity index (χ2v) is 10.2. The molecule has 4 aromatic rings. The highest BCUT2D eigenvalue weighted by atomic mass is 16.3. The summed E-state index contributed by atoms with van der Waals surface area (Å²) >= 11 is 0. The molecule has 2 N–H and O–H groups in total. The number of hydrogen-bond acceptors (Lipinski definition) is 6. The van der Waals surface area contributed by atoms with Gasteiger partial charge in [0, 0.05) is 29.9 Å².